The van der Waals surface area contributed by atoms with Gasteiger partial charge in [-0.05, 0) is 24.6 Å². The molecule has 1 saturated heterocycles. The molecule has 6 nitrogen and oxygen atoms in total. The number of amides is 2. The number of hydrogen-bond acceptors (Lipinski definition) is 4. The standard InChI is InChI=1S/C23H29N3O3/c1-2-29-23(28)25-17-15-24(16-18-25)14-13-22(27)26(21-11-7-4-8-12-21)19-20-9-5-3-6-10-20/h3-12H,2,13-19H2,1H3. The van der Waals surface area contributed by atoms with Crippen LogP contribution in [-0.2, 0) is 16.1 Å². The van der Waals surface area contributed by atoms with E-state index < -0.39 is 0 Å². The zero-order valence-electron chi connectivity index (χ0n) is 17.0. The molecule has 1 aliphatic rings. The Bertz CT molecular complexity index is 774. The zero-order valence-corrected chi connectivity index (χ0v) is 17.0. The lowest BCUT2D eigenvalue weighted by atomic mass is 10.1. The smallest absolute Gasteiger partial charge is 0.409 e. The van der Waals surface area contributed by atoms with Crippen molar-refractivity contribution in [3.8, 4) is 0 Å². The summed E-state index contributed by atoms with van der Waals surface area (Å²) in [6, 6.07) is 19.8. The monoisotopic (exact) mass is 395 g/mol. The van der Waals surface area contributed by atoms with E-state index in [1.165, 1.54) is 0 Å². The lowest BCUT2D eigenvalue weighted by Crippen LogP contribution is -2.49. The Morgan fingerprint density at radius 2 is 1.55 bits per heavy atom. The summed E-state index contributed by atoms with van der Waals surface area (Å²) in [7, 11) is 0. The van der Waals surface area contributed by atoms with Crippen molar-refractivity contribution >= 4 is 17.7 Å². The minimum absolute atomic E-state index is 0.105. The Labute approximate surface area is 172 Å². The van der Waals surface area contributed by atoms with E-state index in [0.29, 0.717) is 39.2 Å². The number of hydrogen-bond donors (Lipinski definition) is 0. The molecule has 2 amide bonds. The van der Waals surface area contributed by atoms with Gasteiger partial charge in [-0.1, -0.05) is 48.5 Å². The van der Waals surface area contributed by atoms with E-state index >= 15 is 0 Å². The van der Waals surface area contributed by atoms with Gasteiger partial charge >= 0.3 is 6.09 Å². The van der Waals surface area contributed by atoms with Crippen molar-refractivity contribution in [1.82, 2.24) is 9.80 Å². The van der Waals surface area contributed by atoms with Crippen molar-refractivity contribution in [3.63, 3.8) is 0 Å². The van der Waals surface area contributed by atoms with Gasteiger partial charge in [0, 0.05) is 44.8 Å². The Kier molecular flexibility index (Phi) is 7.64. The molecule has 0 aromatic heterocycles. The van der Waals surface area contributed by atoms with Gasteiger partial charge in [-0.2, -0.15) is 0 Å². The lowest BCUT2D eigenvalue weighted by Gasteiger charge is -2.34. The first-order chi connectivity index (χ1) is 14.2. The molecule has 0 aliphatic carbocycles. The molecule has 0 bridgehead atoms. The summed E-state index contributed by atoms with van der Waals surface area (Å²) >= 11 is 0. The minimum atomic E-state index is -0.249. The van der Waals surface area contributed by atoms with E-state index in [-0.39, 0.29) is 12.0 Å². The molecule has 1 heterocycles. The van der Waals surface area contributed by atoms with Crippen molar-refractivity contribution in [2.24, 2.45) is 0 Å². The van der Waals surface area contributed by atoms with Crippen LogP contribution >= 0.6 is 0 Å². The summed E-state index contributed by atoms with van der Waals surface area (Å²) in [6.07, 6.45) is 0.197. The Balaban J connectivity index is 1.56. The summed E-state index contributed by atoms with van der Waals surface area (Å²) in [5.74, 6) is 0.105. The highest BCUT2D eigenvalue weighted by atomic mass is 16.6. The number of carbonyl (C=O) groups is 2. The molecule has 154 valence electrons. The van der Waals surface area contributed by atoms with Crippen molar-refractivity contribution in [1.29, 1.82) is 0 Å². The molecule has 1 aliphatic heterocycles. The number of nitrogens with zero attached hydrogens (tertiary/aromatic N) is 3. The highest BCUT2D eigenvalue weighted by Gasteiger charge is 2.23. The molecular weight excluding hydrogens is 366 g/mol. The summed E-state index contributed by atoms with van der Waals surface area (Å²) in [5, 5.41) is 0. The first kappa shape index (κ1) is 20.9. The van der Waals surface area contributed by atoms with Crippen molar-refractivity contribution < 1.29 is 14.3 Å². The number of carbonyl (C=O) groups excluding carboxylic acids is 2. The number of piperazine rings is 1. The van der Waals surface area contributed by atoms with Crippen molar-refractivity contribution in [2.75, 3.05) is 44.2 Å². The Hall–Kier alpha value is -2.86. The zero-order chi connectivity index (χ0) is 20.5. The number of anilines is 1. The second-order valence-electron chi connectivity index (χ2n) is 7.08. The normalized spacial score (nSPS) is 14.4. The first-order valence-electron chi connectivity index (χ1n) is 10.2. The third-order valence-corrected chi connectivity index (χ3v) is 5.09. The van der Waals surface area contributed by atoms with Gasteiger partial charge in [-0.15, -0.1) is 0 Å². The van der Waals surface area contributed by atoms with E-state index in [0.717, 1.165) is 24.3 Å². The van der Waals surface area contributed by atoms with Crippen LogP contribution in [0.3, 0.4) is 0 Å². The maximum atomic E-state index is 13.1. The van der Waals surface area contributed by atoms with Crippen LogP contribution in [0.25, 0.3) is 0 Å². The van der Waals surface area contributed by atoms with Gasteiger partial charge in [0.05, 0.1) is 13.2 Å². The number of ether oxygens (including phenoxy) is 1. The predicted octanol–water partition coefficient (Wildman–Crippen LogP) is 3.38. The van der Waals surface area contributed by atoms with E-state index in [1.54, 1.807) is 4.90 Å². The summed E-state index contributed by atoms with van der Waals surface area (Å²) in [6.45, 7) is 6.25. The number of benzene rings is 2. The summed E-state index contributed by atoms with van der Waals surface area (Å²) < 4.78 is 5.06. The van der Waals surface area contributed by atoms with Crippen LogP contribution in [0.15, 0.2) is 60.7 Å². The van der Waals surface area contributed by atoms with Gasteiger partial charge in [0.2, 0.25) is 5.91 Å². The number of para-hydroxylation sites is 1. The molecule has 0 atom stereocenters. The molecule has 29 heavy (non-hydrogen) atoms. The highest BCUT2D eigenvalue weighted by molar-refractivity contribution is 5.93. The van der Waals surface area contributed by atoms with Gasteiger partial charge in [0.1, 0.15) is 0 Å². The molecule has 0 unspecified atom stereocenters. The van der Waals surface area contributed by atoms with Crippen LogP contribution in [0.5, 0.6) is 0 Å². The van der Waals surface area contributed by atoms with Crippen LogP contribution in [0.1, 0.15) is 18.9 Å². The molecule has 2 aromatic rings. The van der Waals surface area contributed by atoms with E-state index in [9.17, 15) is 9.59 Å². The lowest BCUT2D eigenvalue weighted by molar-refractivity contribution is -0.119. The predicted molar refractivity (Wildman–Crippen MR) is 114 cm³/mol. The third-order valence-electron chi connectivity index (χ3n) is 5.09. The summed E-state index contributed by atoms with van der Waals surface area (Å²) in [5.41, 5.74) is 2.02. The molecule has 1 fully saturated rings. The van der Waals surface area contributed by atoms with Crippen LogP contribution < -0.4 is 4.90 Å². The fraction of sp³-hybridized carbons (Fsp3) is 0.391. The fourth-order valence-corrected chi connectivity index (χ4v) is 3.45. The largest absolute Gasteiger partial charge is 0.450 e. The second kappa shape index (κ2) is 10.6. The highest BCUT2D eigenvalue weighted by Crippen LogP contribution is 2.18. The molecular formula is C23H29N3O3. The molecule has 2 aromatic carbocycles. The van der Waals surface area contributed by atoms with E-state index in [4.69, 9.17) is 4.74 Å². The van der Waals surface area contributed by atoms with E-state index in [2.05, 4.69) is 4.90 Å². The fourth-order valence-electron chi connectivity index (χ4n) is 3.45. The quantitative estimate of drug-likeness (QED) is 0.721. The first-order valence-corrected chi connectivity index (χ1v) is 10.2. The van der Waals surface area contributed by atoms with Crippen LogP contribution in [0.2, 0.25) is 0 Å². The SMILES string of the molecule is CCOC(=O)N1CCN(CCC(=O)N(Cc2ccccc2)c2ccccc2)CC1. The van der Waals surface area contributed by atoms with Gasteiger partial charge in [-0.3, -0.25) is 9.69 Å². The van der Waals surface area contributed by atoms with Crippen molar-refractivity contribution in [2.45, 2.75) is 19.9 Å². The minimum Gasteiger partial charge on any atom is -0.450 e. The third kappa shape index (κ3) is 6.06. The molecule has 6 heteroatoms. The van der Waals surface area contributed by atoms with Crippen LogP contribution in [-0.4, -0.2) is 61.1 Å². The Morgan fingerprint density at radius 1 is 0.931 bits per heavy atom. The molecule has 0 saturated carbocycles. The maximum Gasteiger partial charge on any atom is 0.409 e. The average Bonchev–Trinajstić information content (AvgIpc) is 2.77. The van der Waals surface area contributed by atoms with Gasteiger partial charge < -0.3 is 14.5 Å². The molecule has 0 radical (unpaired) electrons. The maximum absolute atomic E-state index is 13.1. The summed E-state index contributed by atoms with van der Waals surface area (Å²) in [4.78, 5) is 30.7. The topological polar surface area (TPSA) is 53.1 Å². The molecule has 0 spiro atoms. The van der Waals surface area contributed by atoms with Gasteiger partial charge in [0.25, 0.3) is 0 Å². The average molecular weight is 396 g/mol. The van der Waals surface area contributed by atoms with Gasteiger partial charge in [0.15, 0.2) is 0 Å². The van der Waals surface area contributed by atoms with E-state index in [1.807, 2.05) is 72.5 Å². The second-order valence-corrected chi connectivity index (χ2v) is 7.08. The number of rotatable bonds is 7. The Morgan fingerprint density at radius 3 is 2.17 bits per heavy atom. The molecule has 0 N–H and O–H groups in total. The van der Waals surface area contributed by atoms with Crippen LogP contribution in [0, 0.1) is 0 Å². The van der Waals surface area contributed by atoms with Gasteiger partial charge in [-0.25, -0.2) is 4.79 Å². The van der Waals surface area contributed by atoms with Crippen LogP contribution in [0.4, 0.5) is 10.5 Å². The van der Waals surface area contributed by atoms with Crippen molar-refractivity contribution in [3.05, 3.63) is 66.2 Å². The molecule has 3 rings (SSSR count).